The van der Waals surface area contributed by atoms with Crippen LogP contribution in [0, 0.1) is 0 Å². The lowest BCUT2D eigenvalue weighted by Crippen LogP contribution is -2.48. The summed E-state index contributed by atoms with van der Waals surface area (Å²) in [5.74, 6) is -0.516. The number of rotatable bonds is 40. The van der Waals surface area contributed by atoms with Crippen molar-refractivity contribution < 1.29 is 20.1 Å². The van der Waals surface area contributed by atoms with E-state index in [-0.39, 0.29) is 6.61 Å². The van der Waals surface area contributed by atoms with E-state index >= 15 is 0 Å². The van der Waals surface area contributed by atoms with Gasteiger partial charge in [-0.2, -0.15) is 0 Å². The van der Waals surface area contributed by atoms with Gasteiger partial charge in [-0.3, -0.25) is 4.79 Å². The van der Waals surface area contributed by atoms with Crippen LogP contribution in [0.3, 0.4) is 0 Å². The van der Waals surface area contributed by atoms with Gasteiger partial charge >= 0.3 is 0 Å². The third kappa shape index (κ3) is 36.7. The molecule has 1 amide bonds. The van der Waals surface area contributed by atoms with E-state index in [0.717, 1.165) is 38.5 Å². The van der Waals surface area contributed by atoms with Crippen LogP contribution < -0.4 is 5.32 Å². The van der Waals surface area contributed by atoms with Crippen LogP contribution in [-0.4, -0.2) is 46.1 Å². The van der Waals surface area contributed by atoms with Gasteiger partial charge in [0, 0.05) is 0 Å². The number of carbonyl (C=O) groups is 1. The fourth-order valence-corrected chi connectivity index (χ4v) is 6.67. The summed E-state index contributed by atoms with van der Waals surface area (Å²) in [4.78, 5) is 12.4. The molecule has 4 N–H and O–H groups in total. The van der Waals surface area contributed by atoms with Crippen LogP contribution >= 0.6 is 0 Å². The van der Waals surface area contributed by atoms with E-state index in [0.29, 0.717) is 6.42 Å². The summed E-state index contributed by atoms with van der Waals surface area (Å²) < 4.78 is 0. The van der Waals surface area contributed by atoms with E-state index < -0.39 is 24.2 Å². The average Bonchev–Trinajstić information content (AvgIpc) is 3.13. The lowest BCUT2D eigenvalue weighted by molar-refractivity contribution is -0.131. The van der Waals surface area contributed by atoms with Crippen molar-refractivity contribution in [1.82, 2.24) is 5.32 Å². The molecule has 0 aliphatic heterocycles. The minimum absolute atomic E-state index is 0.377. The second kappa shape index (κ2) is 41.3. The lowest BCUT2D eigenvalue weighted by atomic mass is 10.0. The van der Waals surface area contributed by atoms with Crippen molar-refractivity contribution in [3.05, 3.63) is 36.5 Å². The molecule has 0 aromatic carbocycles. The Balaban J connectivity index is 3.55. The fraction of sp³-hybridized carbons (Fsp3) is 0.848. The molecule has 5 nitrogen and oxygen atoms in total. The molecule has 3 unspecified atom stereocenters. The molecule has 0 aromatic heterocycles. The number of allylic oxidation sites excluding steroid dienone is 5. The lowest BCUT2D eigenvalue weighted by Gasteiger charge is -2.21. The van der Waals surface area contributed by atoms with Crippen LogP contribution in [0.5, 0.6) is 0 Å². The number of aliphatic hydroxyl groups is 3. The standard InChI is InChI=1S/C46H87NO4/c1-3-5-7-9-11-13-14-15-16-17-18-19-20-21-22-23-24-25-26-27-28-29-30-31-33-35-37-39-41-45(50)46(51)47-43(42-48)44(49)40-38-36-34-32-12-10-8-6-4-2/h12,21-22,32,38,40,43-45,48-50H,3-11,13-20,23-31,33-37,39,41-42H2,1-2H3,(H,47,51)/b22-21-,32-12+,40-38+. The van der Waals surface area contributed by atoms with Crippen molar-refractivity contribution in [3.8, 4) is 0 Å². The summed E-state index contributed by atoms with van der Waals surface area (Å²) in [6.45, 7) is 4.12. The second-order valence-electron chi connectivity index (χ2n) is 15.2. The van der Waals surface area contributed by atoms with Crippen molar-refractivity contribution in [2.45, 2.75) is 244 Å². The molecule has 0 saturated carbocycles. The van der Waals surface area contributed by atoms with Crippen LogP contribution in [0.1, 0.15) is 226 Å². The van der Waals surface area contributed by atoms with Crippen LogP contribution in [0.4, 0.5) is 0 Å². The summed E-state index contributed by atoms with van der Waals surface area (Å²) in [6, 6.07) is -0.811. The SMILES string of the molecule is CCCCC/C=C/CC/C=C/C(O)C(CO)NC(=O)C(O)CCCCCCCCCCCCCC/C=C\CCCCCCCCCCCCCC. The van der Waals surface area contributed by atoms with Gasteiger partial charge in [0.1, 0.15) is 6.10 Å². The van der Waals surface area contributed by atoms with Crippen molar-refractivity contribution in [1.29, 1.82) is 0 Å². The maximum absolute atomic E-state index is 12.4. The number of aliphatic hydroxyl groups excluding tert-OH is 3. The van der Waals surface area contributed by atoms with Gasteiger partial charge < -0.3 is 20.6 Å². The molecule has 0 aliphatic carbocycles. The van der Waals surface area contributed by atoms with E-state index in [2.05, 4.69) is 43.5 Å². The van der Waals surface area contributed by atoms with Crippen LogP contribution in [0.25, 0.3) is 0 Å². The summed E-state index contributed by atoms with van der Waals surface area (Å²) in [5.41, 5.74) is 0. The van der Waals surface area contributed by atoms with Gasteiger partial charge in [-0.15, -0.1) is 0 Å². The fourth-order valence-electron chi connectivity index (χ4n) is 6.67. The number of carbonyl (C=O) groups excluding carboxylic acids is 1. The van der Waals surface area contributed by atoms with Crippen LogP contribution in [-0.2, 0) is 4.79 Å². The first kappa shape index (κ1) is 49.6. The summed E-state index contributed by atoms with van der Waals surface area (Å²) in [7, 11) is 0. The number of hydrogen-bond donors (Lipinski definition) is 4. The maximum Gasteiger partial charge on any atom is 0.249 e. The van der Waals surface area contributed by atoms with Crippen molar-refractivity contribution >= 4 is 5.91 Å². The molecule has 0 aromatic rings. The smallest absolute Gasteiger partial charge is 0.249 e. The molecule has 0 rings (SSSR count). The predicted molar refractivity (Wildman–Crippen MR) is 222 cm³/mol. The molecule has 0 bridgehead atoms. The monoisotopic (exact) mass is 718 g/mol. The molecule has 0 spiro atoms. The maximum atomic E-state index is 12.4. The molecule has 300 valence electrons. The van der Waals surface area contributed by atoms with Gasteiger partial charge in [0.25, 0.3) is 0 Å². The highest BCUT2D eigenvalue weighted by atomic mass is 16.3. The largest absolute Gasteiger partial charge is 0.394 e. The van der Waals surface area contributed by atoms with Gasteiger partial charge in [0.2, 0.25) is 5.91 Å². The van der Waals surface area contributed by atoms with Gasteiger partial charge in [-0.1, -0.05) is 204 Å². The molecule has 0 fully saturated rings. The minimum Gasteiger partial charge on any atom is -0.394 e. The Labute approximate surface area is 317 Å². The van der Waals surface area contributed by atoms with Crippen LogP contribution in [0.2, 0.25) is 0 Å². The predicted octanol–water partition coefficient (Wildman–Crippen LogP) is 12.8. The molecular formula is C46H87NO4. The van der Waals surface area contributed by atoms with Crippen molar-refractivity contribution in [2.75, 3.05) is 6.61 Å². The molecule has 0 heterocycles. The van der Waals surface area contributed by atoms with Gasteiger partial charge in [-0.05, 0) is 57.8 Å². The summed E-state index contributed by atoms with van der Waals surface area (Å²) >= 11 is 0. The Morgan fingerprint density at radius 1 is 0.471 bits per heavy atom. The Kier molecular flexibility index (Phi) is 40.2. The first-order chi connectivity index (χ1) is 25.1. The zero-order valence-corrected chi connectivity index (χ0v) is 34.0. The third-order valence-corrected chi connectivity index (χ3v) is 10.2. The zero-order chi connectivity index (χ0) is 37.3. The third-order valence-electron chi connectivity index (χ3n) is 10.2. The number of hydrogen-bond acceptors (Lipinski definition) is 4. The van der Waals surface area contributed by atoms with Gasteiger partial charge in [0.05, 0.1) is 18.8 Å². The number of unbranched alkanes of at least 4 members (excludes halogenated alkanes) is 28. The number of nitrogens with one attached hydrogen (secondary N) is 1. The Morgan fingerprint density at radius 2 is 0.804 bits per heavy atom. The number of amides is 1. The minimum atomic E-state index is -1.10. The van der Waals surface area contributed by atoms with E-state index in [1.807, 2.05) is 6.08 Å². The first-order valence-electron chi connectivity index (χ1n) is 22.3. The molecule has 3 atom stereocenters. The molecular weight excluding hydrogens is 631 g/mol. The molecule has 5 heteroatoms. The van der Waals surface area contributed by atoms with E-state index in [9.17, 15) is 20.1 Å². The van der Waals surface area contributed by atoms with E-state index in [1.165, 1.54) is 167 Å². The Bertz CT molecular complexity index is 794. The highest BCUT2D eigenvalue weighted by Crippen LogP contribution is 2.15. The summed E-state index contributed by atoms with van der Waals surface area (Å²) in [5, 5.41) is 32.9. The molecule has 51 heavy (non-hydrogen) atoms. The second-order valence-corrected chi connectivity index (χ2v) is 15.2. The van der Waals surface area contributed by atoms with Crippen molar-refractivity contribution in [2.24, 2.45) is 0 Å². The average molecular weight is 718 g/mol. The molecule has 0 radical (unpaired) electrons. The Hall–Kier alpha value is -1.43. The van der Waals surface area contributed by atoms with Crippen LogP contribution in [0.15, 0.2) is 36.5 Å². The van der Waals surface area contributed by atoms with Crippen molar-refractivity contribution in [3.63, 3.8) is 0 Å². The van der Waals surface area contributed by atoms with E-state index in [4.69, 9.17) is 0 Å². The highest BCUT2D eigenvalue weighted by Gasteiger charge is 2.22. The summed E-state index contributed by atoms with van der Waals surface area (Å²) in [6.07, 6.45) is 52.1. The van der Waals surface area contributed by atoms with E-state index in [1.54, 1.807) is 6.08 Å². The quantitative estimate of drug-likeness (QED) is 0.0375. The molecule has 0 aliphatic rings. The van der Waals surface area contributed by atoms with Gasteiger partial charge in [0.15, 0.2) is 0 Å². The Morgan fingerprint density at radius 3 is 1.24 bits per heavy atom. The normalized spacial score (nSPS) is 13.9. The highest BCUT2D eigenvalue weighted by molar-refractivity contribution is 5.80. The first-order valence-corrected chi connectivity index (χ1v) is 22.3. The topological polar surface area (TPSA) is 89.8 Å². The molecule has 0 saturated heterocycles. The zero-order valence-electron chi connectivity index (χ0n) is 34.0. The van der Waals surface area contributed by atoms with Gasteiger partial charge in [-0.25, -0.2) is 0 Å².